The van der Waals surface area contributed by atoms with Crippen LogP contribution in [-0.2, 0) is 31.6 Å². The highest BCUT2D eigenvalue weighted by molar-refractivity contribution is 7.65. The summed E-state index contributed by atoms with van der Waals surface area (Å²) in [5.41, 5.74) is 0.555. The molecule has 0 amide bonds. The highest BCUT2D eigenvalue weighted by Crippen LogP contribution is 2.61. The normalized spacial score (nSPS) is 26.8. The van der Waals surface area contributed by atoms with Gasteiger partial charge in [-0.3, -0.25) is 13.7 Å². The van der Waals surface area contributed by atoms with E-state index in [9.17, 15) is 38.6 Å². The molecule has 3 unspecified atom stereocenters. The summed E-state index contributed by atoms with van der Waals surface area (Å²) >= 11 is 1.12. The molecule has 0 spiro atoms. The second kappa shape index (κ2) is 12.6. The molecule has 18 nitrogen and oxygen atoms in total. The highest BCUT2D eigenvalue weighted by Gasteiger charge is 2.45. The Morgan fingerprint density at radius 1 is 1.06 bits per heavy atom. The van der Waals surface area contributed by atoms with E-state index in [2.05, 4.69) is 18.1 Å². The molecule has 7 atom stereocenters. The molecule has 1 aliphatic heterocycles. The summed E-state index contributed by atoms with van der Waals surface area (Å²) in [4.78, 5) is 45.9. The number of rotatable bonds is 9. The largest absolute Gasteiger partial charge is 0.756 e. The number of ether oxygens (including phenoxy) is 2. The zero-order valence-corrected chi connectivity index (χ0v) is 22.3. The van der Waals surface area contributed by atoms with Crippen molar-refractivity contribution >= 4 is 45.0 Å². The van der Waals surface area contributed by atoms with Crippen molar-refractivity contribution in [3.8, 4) is 5.75 Å². The molecule has 204 valence electrons. The summed E-state index contributed by atoms with van der Waals surface area (Å²) in [6.07, 6.45) is -5.81. The number of phosphoric ester groups is 1. The average Bonchev–Trinajstić information content (AvgIpc) is 3.18. The van der Waals surface area contributed by atoms with E-state index in [0.717, 1.165) is 11.3 Å². The molecule has 1 fully saturated rings. The molecule has 35 heavy (non-hydrogen) atoms. The second-order valence-corrected chi connectivity index (χ2v) is 11.6. The maximum Gasteiger partial charge on any atom is 0.280 e. The molecular weight excluding hydrogens is 561 g/mol. The minimum atomic E-state index is -6.06. The van der Waals surface area contributed by atoms with Gasteiger partial charge >= 0.3 is 0 Å². The molecule has 1 aromatic carbocycles. The smallest absolute Gasteiger partial charge is 0.280 e. The van der Waals surface area contributed by atoms with Gasteiger partial charge in [-0.1, -0.05) is 0 Å². The van der Waals surface area contributed by atoms with Crippen molar-refractivity contribution < 1.29 is 66.1 Å². The van der Waals surface area contributed by atoms with Crippen molar-refractivity contribution in [3.63, 3.8) is 0 Å². The first-order valence-corrected chi connectivity index (χ1v) is 13.6. The first-order chi connectivity index (χ1) is 14.7. The lowest BCUT2D eigenvalue weighted by atomic mass is 10.1. The van der Waals surface area contributed by atoms with E-state index in [-0.39, 0.29) is 23.5 Å². The number of methoxy groups -OCH3 is 1. The summed E-state index contributed by atoms with van der Waals surface area (Å²) in [5, 5.41) is 20.7. The van der Waals surface area contributed by atoms with Gasteiger partial charge in [-0.15, -0.1) is 11.3 Å². The molecule has 15 N–H and O–H groups in total. The van der Waals surface area contributed by atoms with Crippen LogP contribution in [0.15, 0.2) is 18.2 Å². The third kappa shape index (κ3) is 8.85. The van der Waals surface area contributed by atoms with Gasteiger partial charge in [-0.25, -0.2) is 13.6 Å². The van der Waals surface area contributed by atoms with Crippen LogP contribution in [0.25, 0.3) is 10.2 Å². The van der Waals surface area contributed by atoms with E-state index in [0.29, 0.717) is 16.0 Å². The summed E-state index contributed by atoms with van der Waals surface area (Å²) < 4.78 is 55.4. The van der Waals surface area contributed by atoms with Gasteiger partial charge < -0.3 is 62.2 Å². The van der Waals surface area contributed by atoms with Crippen LogP contribution >= 0.6 is 34.8 Å². The Bertz CT molecular complexity index is 1130. The van der Waals surface area contributed by atoms with E-state index in [1.807, 2.05) is 0 Å². The van der Waals surface area contributed by atoms with Gasteiger partial charge in [0, 0.05) is 0 Å². The molecule has 1 saturated heterocycles. The number of hydrogen-bond acceptors (Lipinski definition) is 15. The first-order valence-electron chi connectivity index (χ1n) is 8.39. The molecular formula is C13H27N4O14P3S. The fourth-order valence-corrected chi connectivity index (χ4v) is 6.68. The fraction of sp³-hybridized carbons (Fsp3) is 0.462. The van der Waals surface area contributed by atoms with Crippen molar-refractivity contribution in [1.29, 1.82) is 0 Å². The maximum absolute atomic E-state index is 11.6. The monoisotopic (exact) mass is 588 g/mol. The number of aliphatic hydroxyl groups is 2. The Morgan fingerprint density at radius 2 is 1.69 bits per heavy atom. The van der Waals surface area contributed by atoms with E-state index in [4.69, 9.17) is 14.4 Å². The van der Waals surface area contributed by atoms with Crippen LogP contribution < -0.4 is 37.9 Å². The number of hydrogen-bond donors (Lipinski definition) is 6. The zero-order chi connectivity index (χ0) is 23.9. The number of phosphoric acid groups is 3. The topological polar surface area (TPSA) is 350 Å². The Morgan fingerprint density at radius 3 is 2.26 bits per heavy atom. The van der Waals surface area contributed by atoms with Crippen LogP contribution in [0.2, 0.25) is 0 Å². The van der Waals surface area contributed by atoms with Crippen molar-refractivity contribution in [2.24, 2.45) is 0 Å². The van der Waals surface area contributed by atoms with Crippen LogP contribution in [0.4, 0.5) is 0 Å². The predicted octanol–water partition coefficient (Wildman–Crippen LogP) is 0.0425. The third-order valence-corrected chi connectivity index (χ3v) is 8.79. The third-order valence-electron chi connectivity index (χ3n) is 4.02. The Balaban J connectivity index is 0.00000385. The quantitative estimate of drug-likeness (QED) is 0.211. The number of nitrogens with zero attached hydrogens (tertiary/aromatic N) is 1. The van der Waals surface area contributed by atoms with E-state index >= 15 is 0 Å². The average molecular weight is 588 g/mol. The Hall–Kier alpha value is -0.920. The molecule has 22 heteroatoms. The summed E-state index contributed by atoms with van der Waals surface area (Å²) in [7, 11) is -16.2. The molecule has 0 aliphatic carbocycles. The maximum atomic E-state index is 11.6. The fourth-order valence-electron chi connectivity index (χ4n) is 2.71. The summed E-state index contributed by atoms with van der Waals surface area (Å²) in [6.45, 7) is -1.01. The molecule has 0 saturated carbocycles. The van der Waals surface area contributed by atoms with Gasteiger partial charge in [0.25, 0.3) is 23.5 Å². The lowest BCUT2D eigenvalue weighted by molar-refractivity contribution is -0.250. The minimum Gasteiger partial charge on any atom is -0.756 e. The number of quaternary nitrogens is 3. The van der Waals surface area contributed by atoms with E-state index in [1.54, 1.807) is 18.2 Å². The van der Waals surface area contributed by atoms with Crippen LogP contribution in [0.3, 0.4) is 0 Å². The summed E-state index contributed by atoms with van der Waals surface area (Å²) in [5.74, 6) is 0.562. The van der Waals surface area contributed by atoms with Gasteiger partial charge in [0.2, 0.25) is 0 Å². The van der Waals surface area contributed by atoms with Gasteiger partial charge in [-0.05, 0) is 18.2 Å². The Labute approximate surface area is 202 Å². The standard InChI is InChI=1S/C13H18NO14P3S.3H3N/c1-24-6-2-3-7-9(4-6)32-13(14-7)12-11(16)10(15)8(26-12)5-25-30(20,21)28-31(22,23)27-29(17,18)19;;;/h2-4,8,10-12,15-16H,5H2,1H3,(H,20,21)(H,22,23)(H2,17,18,19);3*1H3/t8-,10-,11-,12-;;;/m1.../s1. The number of benzene rings is 1. The lowest BCUT2D eigenvalue weighted by Crippen LogP contribution is -2.33. The van der Waals surface area contributed by atoms with E-state index < -0.39 is 54.5 Å². The van der Waals surface area contributed by atoms with Crippen LogP contribution in [-0.4, -0.2) is 52.1 Å². The van der Waals surface area contributed by atoms with E-state index in [1.165, 1.54) is 7.11 Å². The first kappa shape index (κ1) is 34.1. The molecule has 0 radical (unpaired) electrons. The number of fused-ring (bicyclic) bond motifs is 1. The highest BCUT2D eigenvalue weighted by atomic mass is 32.1. The molecule has 2 heterocycles. The lowest BCUT2D eigenvalue weighted by Gasteiger charge is -2.33. The number of aliphatic hydroxyl groups excluding tert-OH is 2. The van der Waals surface area contributed by atoms with Gasteiger partial charge in [0.1, 0.15) is 35.2 Å². The molecule has 2 aromatic rings. The SMILES string of the molecule is COc1ccc2nc([C@@H]3O[C@H](COP(=O)([O-])OP(=O)([O-])OP(=O)([O-])O)[C@@H](O)[C@H]3O)sc2c1.[NH4+].[NH4+].[NH4+]. The number of thiazole rings is 1. The predicted molar refractivity (Wildman–Crippen MR) is 117 cm³/mol. The minimum absolute atomic E-state index is 0. The zero-order valence-electron chi connectivity index (χ0n) is 18.8. The second-order valence-electron chi connectivity index (χ2n) is 6.28. The van der Waals surface area contributed by atoms with Crippen LogP contribution in [0.1, 0.15) is 11.1 Å². The van der Waals surface area contributed by atoms with Crippen molar-refractivity contribution in [1.82, 2.24) is 23.4 Å². The van der Waals surface area contributed by atoms with Gasteiger partial charge in [0.05, 0.1) is 23.9 Å². The molecule has 3 rings (SSSR count). The molecule has 1 aliphatic rings. The van der Waals surface area contributed by atoms with Crippen molar-refractivity contribution in [2.75, 3.05) is 13.7 Å². The van der Waals surface area contributed by atoms with Crippen molar-refractivity contribution in [3.05, 3.63) is 23.2 Å². The van der Waals surface area contributed by atoms with Crippen LogP contribution in [0.5, 0.6) is 5.75 Å². The van der Waals surface area contributed by atoms with Gasteiger partial charge in [-0.2, -0.15) is 0 Å². The van der Waals surface area contributed by atoms with Gasteiger partial charge in [0.15, 0.2) is 0 Å². The van der Waals surface area contributed by atoms with Crippen LogP contribution in [0, 0.1) is 0 Å². The molecule has 0 bridgehead atoms. The van der Waals surface area contributed by atoms with Crippen molar-refractivity contribution in [2.45, 2.75) is 24.4 Å². The number of aromatic nitrogens is 1. The summed E-state index contributed by atoms with van der Waals surface area (Å²) in [6, 6.07) is 5.01. The molecule has 1 aromatic heterocycles. The Kier molecular flexibility index (Phi) is 12.2.